The Morgan fingerprint density at radius 3 is 2.73 bits per heavy atom. The van der Waals surface area contributed by atoms with Gasteiger partial charge in [0.05, 0.1) is 30.1 Å². The fraction of sp³-hybridized carbons (Fsp3) is 0.154. The number of carbonyl (C=O) groups is 1. The largest absolute Gasteiger partial charge is 0.473 e. The molecule has 0 aliphatic carbocycles. The lowest BCUT2D eigenvalue weighted by molar-refractivity contribution is -0.113. The van der Waals surface area contributed by atoms with Gasteiger partial charge in [0.1, 0.15) is 12.4 Å². The maximum absolute atomic E-state index is 12.1. The SMILES string of the molecule is C=CC(=O)N(C)c1cncc(-c2cnc3c(c2)c(-c2cccc(C#N)c2)cn3COP(=O)(O)OCC)c1. The number of phosphoric ester groups is 1. The van der Waals surface area contributed by atoms with Gasteiger partial charge in [-0.25, -0.2) is 9.55 Å². The average Bonchev–Trinajstić information content (AvgIpc) is 3.29. The predicted molar refractivity (Wildman–Crippen MR) is 139 cm³/mol. The van der Waals surface area contributed by atoms with Gasteiger partial charge in [-0.3, -0.25) is 18.8 Å². The molecule has 0 spiro atoms. The topological polar surface area (TPSA) is 131 Å². The lowest BCUT2D eigenvalue weighted by Crippen LogP contribution is -2.23. The van der Waals surface area contributed by atoms with Gasteiger partial charge in [-0.05, 0) is 42.8 Å². The molecule has 0 radical (unpaired) electrons. The lowest BCUT2D eigenvalue weighted by Gasteiger charge is -2.15. The van der Waals surface area contributed by atoms with E-state index in [0.29, 0.717) is 16.9 Å². The van der Waals surface area contributed by atoms with E-state index in [4.69, 9.17) is 9.05 Å². The van der Waals surface area contributed by atoms with Crippen LogP contribution in [0.2, 0.25) is 0 Å². The molecule has 3 aromatic heterocycles. The number of nitriles is 1. The number of rotatable bonds is 9. The molecule has 1 atom stereocenters. The Balaban J connectivity index is 1.82. The van der Waals surface area contributed by atoms with Crippen LogP contribution in [0.3, 0.4) is 0 Å². The summed E-state index contributed by atoms with van der Waals surface area (Å²) >= 11 is 0. The number of carbonyl (C=O) groups excluding carboxylic acids is 1. The van der Waals surface area contributed by atoms with Crippen LogP contribution < -0.4 is 4.90 Å². The maximum Gasteiger partial charge on any atom is 0.473 e. The van der Waals surface area contributed by atoms with Crippen molar-refractivity contribution in [3.63, 3.8) is 0 Å². The molecule has 0 fully saturated rings. The molecule has 1 unspecified atom stereocenters. The molecule has 10 nitrogen and oxygen atoms in total. The number of aromatic nitrogens is 3. The number of anilines is 1. The number of hydrogen-bond donors (Lipinski definition) is 1. The predicted octanol–water partition coefficient (Wildman–Crippen LogP) is 4.90. The molecule has 0 aliphatic rings. The van der Waals surface area contributed by atoms with E-state index < -0.39 is 7.82 Å². The zero-order valence-corrected chi connectivity index (χ0v) is 21.1. The van der Waals surface area contributed by atoms with E-state index in [2.05, 4.69) is 22.6 Å². The second kappa shape index (κ2) is 10.9. The number of amides is 1. The number of phosphoric acid groups is 1. The first-order chi connectivity index (χ1) is 17.8. The molecule has 1 N–H and O–H groups in total. The van der Waals surface area contributed by atoms with Crippen LogP contribution in [-0.2, 0) is 25.1 Å². The van der Waals surface area contributed by atoms with Crippen LogP contribution in [0.4, 0.5) is 5.69 Å². The first-order valence-corrected chi connectivity index (χ1v) is 12.7. The van der Waals surface area contributed by atoms with Crippen molar-refractivity contribution in [3.8, 4) is 28.3 Å². The summed E-state index contributed by atoms with van der Waals surface area (Å²) in [6.45, 7) is 4.86. The van der Waals surface area contributed by atoms with Crippen molar-refractivity contribution < 1.29 is 23.3 Å². The van der Waals surface area contributed by atoms with Crippen LogP contribution in [0, 0.1) is 11.3 Å². The zero-order valence-electron chi connectivity index (χ0n) is 20.2. The summed E-state index contributed by atoms with van der Waals surface area (Å²) in [6.07, 6.45) is 7.86. The third kappa shape index (κ3) is 5.66. The number of pyridine rings is 2. The van der Waals surface area contributed by atoms with Crippen LogP contribution in [0.5, 0.6) is 0 Å². The van der Waals surface area contributed by atoms with Crippen LogP contribution >= 0.6 is 7.82 Å². The van der Waals surface area contributed by atoms with E-state index in [1.54, 1.807) is 61.5 Å². The minimum absolute atomic E-state index is 0.0225. The van der Waals surface area contributed by atoms with Gasteiger partial charge < -0.3 is 14.4 Å². The van der Waals surface area contributed by atoms with Gasteiger partial charge in [-0.1, -0.05) is 18.7 Å². The number of likely N-dealkylation sites (N-methyl/N-ethyl adjacent to an activating group) is 1. The lowest BCUT2D eigenvalue weighted by atomic mass is 10.0. The van der Waals surface area contributed by atoms with E-state index in [1.807, 2.05) is 18.2 Å². The summed E-state index contributed by atoms with van der Waals surface area (Å²) in [4.78, 5) is 32.2. The summed E-state index contributed by atoms with van der Waals surface area (Å²) in [5, 5.41) is 10.1. The van der Waals surface area contributed by atoms with Crippen LogP contribution in [0.25, 0.3) is 33.3 Å². The van der Waals surface area contributed by atoms with E-state index in [0.717, 1.165) is 27.6 Å². The molecular weight excluding hydrogens is 493 g/mol. The van der Waals surface area contributed by atoms with E-state index >= 15 is 0 Å². The average molecular weight is 517 g/mol. The maximum atomic E-state index is 12.1. The molecule has 0 aliphatic heterocycles. The molecule has 1 amide bonds. The van der Waals surface area contributed by atoms with Crippen LogP contribution in [0.15, 0.2) is 73.8 Å². The Kier molecular flexibility index (Phi) is 7.62. The Labute approximate surface area is 213 Å². The van der Waals surface area contributed by atoms with Crippen molar-refractivity contribution in [3.05, 3.63) is 79.4 Å². The smallest absolute Gasteiger partial charge is 0.310 e. The summed E-state index contributed by atoms with van der Waals surface area (Å²) in [7, 11) is -2.60. The standard InChI is InChI=1S/C26H24N5O5P/c1-4-25(32)30(3)22-10-20(13-28-15-22)21-11-23-24(19-8-6-7-18(9-19)12-27)16-31(26(23)29-14-21)17-36-37(33,34)35-5-2/h4,6-11,13-16H,1,5,17H2,2-3H3,(H,33,34). The molecule has 11 heteroatoms. The summed E-state index contributed by atoms with van der Waals surface area (Å²) in [5.41, 5.74) is 4.55. The summed E-state index contributed by atoms with van der Waals surface area (Å²) in [5.74, 6) is -0.266. The van der Waals surface area contributed by atoms with Gasteiger partial charge in [0.25, 0.3) is 0 Å². The van der Waals surface area contributed by atoms with E-state index in [-0.39, 0.29) is 19.2 Å². The minimum atomic E-state index is -4.23. The Hall–Kier alpha value is -4.13. The van der Waals surface area contributed by atoms with E-state index in [9.17, 15) is 19.5 Å². The van der Waals surface area contributed by atoms with Gasteiger partial charge >= 0.3 is 7.82 Å². The van der Waals surface area contributed by atoms with Crippen molar-refractivity contribution in [2.24, 2.45) is 0 Å². The molecule has 37 heavy (non-hydrogen) atoms. The molecule has 0 bridgehead atoms. The fourth-order valence-electron chi connectivity index (χ4n) is 3.78. The first kappa shape index (κ1) is 25.9. The molecule has 188 valence electrons. The normalized spacial score (nSPS) is 12.6. The van der Waals surface area contributed by atoms with Gasteiger partial charge in [-0.15, -0.1) is 0 Å². The zero-order chi connectivity index (χ0) is 26.6. The number of hydrogen-bond acceptors (Lipinski definition) is 7. The van der Waals surface area contributed by atoms with Gasteiger partial charge in [0.2, 0.25) is 5.91 Å². The van der Waals surface area contributed by atoms with Crippen LogP contribution in [-0.4, -0.2) is 39.0 Å². The summed E-state index contributed by atoms with van der Waals surface area (Å²) in [6, 6.07) is 13.0. The van der Waals surface area contributed by atoms with Gasteiger partial charge in [-0.2, -0.15) is 5.26 Å². The van der Waals surface area contributed by atoms with Crippen molar-refractivity contribution in [2.75, 3.05) is 18.6 Å². The van der Waals surface area contributed by atoms with Crippen molar-refractivity contribution in [2.45, 2.75) is 13.7 Å². The summed E-state index contributed by atoms with van der Waals surface area (Å²) < 4.78 is 23.6. The van der Waals surface area contributed by atoms with Crippen LogP contribution in [0.1, 0.15) is 12.5 Å². The highest BCUT2D eigenvalue weighted by Crippen LogP contribution is 2.44. The van der Waals surface area contributed by atoms with Crippen molar-refractivity contribution in [1.29, 1.82) is 5.26 Å². The Morgan fingerprint density at radius 2 is 2.00 bits per heavy atom. The quantitative estimate of drug-likeness (QED) is 0.245. The van der Waals surface area contributed by atoms with Gasteiger partial charge in [0.15, 0.2) is 0 Å². The highest BCUT2D eigenvalue weighted by atomic mass is 31.2. The highest BCUT2D eigenvalue weighted by molar-refractivity contribution is 7.47. The second-order valence-electron chi connectivity index (χ2n) is 7.98. The fourth-order valence-corrected chi connectivity index (χ4v) is 4.45. The molecule has 0 saturated heterocycles. The number of fused-ring (bicyclic) bond motifs is 1. The van der Waals surface area contributed by atoms with Gasteiger partial charge in [0, 0.05) is 47.7 Å². The number of benzene rings is 1. The third-order valence-corrected chi connectivity index (χ3v) is 6.64. The Morgan fingerprint density at radius 1 is 1.22 bits per heavy atom. The highest BCUT2D eigenvalue weighted by Gasteiger charge is 2.22. The molecule has 4 aromatic rings. The molecule has 4 rings (SSSR count). The monoisotopic (exact) mass is 517 g/mol. The minimum Gasteiger partial charge on any atom is -0.310 e. The third-order valence-electron chi connectivity index (χ3n) is 5.62. The number of nitrogens with zero attached hydrogens (tertiary/aromatic N) is 5. The van der Waals surface area contributed by atoms with E-state index in [1.165, 1.54) is 11.0 Å². The molecule has 3 heterocycles. The molecular formula is C26H24N5O5P. The van der Waals surface area contributed by atoms with Crippen molar-refractivity contribution in [1.82, 2.24) is 14.5 Å². The molecule has 1 aromatic carbocycles. The second-order valence-corrected chi connectivity index (χ2v) is 9.43. The first-order valence-electron chi connectivity index (χ1n) is 11.2. The van der Waals surface area contributed by atoms with Crippen molar-refractivity contribution >= 4 is 30.5 Å². The Bertz CT molecular complexity index is 1580. The molecule has 0 saturated carbocycles.